The lowest BCUT2D eigenvalue weighted by molar-refractivity contribution is 0.286. The number of hydrogen-bond donors (Lipinski definition) is 1. The van der Waals surface area contributed by atoms with Crippen molar-refractivity contribution in [2.75, 3.05) is 12.3 Å². The lowest BCUT2D eigenvalue weighted by atomic mass is 9.85. The van der Waals surface area contributed by atoms with Crippen molar-refractivity contribution in [2.24, 2.45) is 28.2 Å². The molecule has 1 saturated heterocycles. The number of thioether (sulfide) groups is 1. The second-order valence-electron chi connectivity index (χ2n) is 7.50. The van der Waals surface area contributed by atoms with Gasteiger partial charge in [-0.2, -0.15) is 0 Å². The fraction of sp³-hybridized carbons (Fsp3) is 0.938. The third-order valence-electron chi connectivity index (χ3n) is 4.15. The van der Waals surface area contributed by atoms with Gasteiger partial charge in [0, 0.05) is 18.3 Å². The molecule has 2 nitrogen and oxygen atoms in total. The van der Waals surface area contributed by atoms with Gasteiger partial charge in [-0.3, -0.25) is 4.99 Å². The summed E-state index contributed by atoms with van der Waals surface area (Å²) in [7, 11) is 0. The largest absolute Gasteiger partial charge is 0.362 e. The highest BCUT2D eigenvalue weighted by atomic mass is 32.2. The van der Waals surface area contributed by atoms with E-state index in [-0.39, 0.29) is 0 Å². The van der Waals surface area contributed by atoms with Gasteiger partial charge in [0.05, 0.1) is 0 Å². The van der Waals surface area contributed by atoms with Gasteiger partial charge in [0.2, 0.25) is 0 Å². The van der Waals surface area contributed by atoms with Gasteiger partial charge in [0.25, 0.3) is 0 Å². The van der Waals surface area contributed by atoms with E-state index in [1.165, 1.54) is 12.2 Å². The van der Waals surface area contributed by atoms with Crippen LogP contribution >= 0.6 is 11.8 Å². The lowest BCUT2D eigenvalue weighted by Crippen LogP contribution is -2.46. The van der Waals surface area contributed by atoms with Crippen LogP contribution in [0.25, 0.3) is 0 Å². The van der Waals surface area contributed by atoms with E-state index < -0.39 is 0 Å². The van der Waals surface area contributed by atoms with Crippen molar-refractivity contribution in [3.8, 4) is 0 Å². The molecule has 0 radical (unpaired) electrons. The summed E-state index contributed by atoms with van der Waals surface area (Å²) in [6, 6.07) is 0.559. The van der Waals surface area contributed by atoms with Gasteiger partial charge in [-0.25, -0.2) is 0 Å². The molecule has 0 aromatic heterocycles. The monoisotopic (exact) mass is 284 g/mol. The zero-order chi connectivity index (χ0) is 14.6. The maximum atomic E-state index is 4.86. The maximum absolute atomic E-state index is 4.86. The van der Waals surface area contributed by atoms with Crippen LogP contribution in [0.1, 0.15) is 54.9 Å². The molecule has 1 N–H and O–H groups in total. The van der Waals surface area contributed by atoms with Crippen molar-refractivity contribution < 1.29 is 0 Å². The van der Waals surface area contributed by atoms with Crippen molar-refractivity contribution in [1.29, 1.82) is 0 Å². The van der Waals surface area contributed by atoms with Crippen LogP contribution in [0.2, 0.25) is 0 Å². The van der Waals surface area contributed by atoms with Gasteiger partial charge in [-0.1, -0.05) is 60.2 Å². The minimum absolute atomic E-state index is 0.317. The zero-order valence-corrected chi connectivity index (χ0v) is 14.6. The highest BCUT2D eigenvalue weighted by Crippen LogP contribution is 2.28. The first kappa shape index (κ1) is 16.9. The average Bonchev–Trinajstić information content (AvgIpc) is 2.27. The average molecular weight is 285 g/mol. The van der Waals surface area contributed by atoms with Gasteiger partial charge >= 0.3 is 0 Å². The standard InChI is InChI=1S/C16H32N2S/c1-11(2)13(12(3)4)10-17-15-18-14(8-9-19-15)16(5,6)7/h11-14H,8-10H2,1-7H3,(H,17,18). The van der Waals surface area contributed by atoms with Crippen molar-refractivity contribution >= 4 is 16.9 Å². The van der Waals surface area contributed by atoms with Gasteiger partial charge in [-0.15, -0.1) is 0 Å². The molecule has 0 aromatic rings. The first-order chi connectivity index (χ1) is 8.71. The van der Waals surface area contributed by atoms with Crippen LogP contribution in [0.5, 0.6) is 0 Å². The number of rotatable bonds is 4. The molecule has 3 heteroatoms. The molecular formula is C16H32N2S. The number of nitrogens with zero attached hydrogens (tertiary/aromatic N) is 1. The fourth-order valence-corrected chi connectivity index (χ4v) is 3.60. The van der Waals surface area contributed by atoms with E-state index in [0.29, 0.717) is 29.2 Å². The smallest absolute Gasteiger partial charge is 0.156 e. The third kappa shape index (κ3) is 5.37. The maximum Gasteiger partial charge on any atom is 0.156 e. The van der Waals surface area contributed by atoms with E-state index in [0.717, 1.165) is 11.7 Å². The summed E-state index contributed by atoms with van der Waals surface area (Å²) >= 11 is 1.89. The Balaban J connectivity index is 2.61. The van der Waals surface area contributed by atoms with Crippen molar-refractivity contribution in [3.05, 3.63) is 0 Å². The van der Waals surface area contributed by atoms with Crippen molar-refractivity contribution in [2.45, 2.75) is 60.9 Å². The SMILES string of the molecule is CC(C)C(CN=C1NC(C(C)(C)C)CCS1)C(C)C. The Kier molecular flexibility index (Phi) is 6.22. The Morgan fingerprint density at radius 1 is 1.21 bits per heavy atom. The molecular weight excluding hydrogens is 252 g/mol. The molecule has 1 heterocycles. The summed E-state index contributed by atoms with van der Waals surface area (Å²) in [5.74, 6) is 3.29. The van der Waals surface area contributed by atoms with E-state index in [9.17, 15) is 0 Å². The van der Waals surface area contributed by atoms with Crippen LogP contribution in [0.15, 0.2) is 4.99 Å². The van der Waals surface area contributed by atoms with Crippen molar-refractivity contribution in [1.82, 2.24) is 5.32 Å². The first-order valence-corrected chi connectivity index (χ1v) is 8.64. The first-order valence-electron chi connectivity index (χ1n) is 7.65. The lowest BCUT2D eigenvalue weighted by Gasteiger charge is -2.35. The molecule has 0 amide bonds. The molecule has 0 aromatic carbocycles. The Morgan fingerprint density at radius 2 is 1.79 bits per heavy atom. The minimum atomic E-state index is 0.317. The van der Waals surface area contributed by atoms with E-state index in [2.05, 4.69) is 53.8 Å². The van der Waals surface area contributed by atoms with Crippen LogP contribution in [0.3, 0.4) is 0 Å². The van der Waals surface area contributed by atoms with E-state index in [4.69, 9.17) is 4.99 Å². The normalized spacial score (nSPS) is 23.5. The topological polar surface area (TPSA) is 24.4 Å². The van der Waals surface area contributed by atoms with E-state index in [1.807, 2.05) is 11.8 Å². The van der Waals surface area contributed by atoms with Crippen LogP contribution < -0.4 is 5.32 Å². The summed E-state index contributed by atoms with van der Waals surface area (Å²) in [4.78, 5) is 4.86. The second kappa shape index (κ2) is 7.01. The Morgan fingerprint density at radius 3 is 2.26 bits per heavy atom. The molecule has 1 unspecified atom stereocenters. The summed E-state index contributed by atoms with van der Waals surface area (Å²) in [5, 5.41) is 4.80. The van der Waals surface area contributed by atoms with Gasteiger partial charge in [0.1, 0.15) is 0 Å². The molecule has 0 spiro atoms. The highest BCUT2D eigenvalue weighted by molar-refractivity contribution is 8.13. The van der Waals surface area contributed by atoms with Crippen LogP contribution in [-0.4, -0.2) is 23.5 Å². The summed E-state index contributed by atoms with van der Waals surface area (Å²) < 4.78 is 0. The van der Waals surface area contributed by atoms with Crippen LogP contribution in [-0.2, 0) is 0 Å². The zero-order valence-electron chi connectivity index (χ0n) is 13.8. The summed E-state index contributed by atoms with van der Waals surface area (Å²) in [6.07, 6.45) is 1.24. The van der Waals surface area contributed by atoms with E-state index >= 15 is 0 Å². The molecule has 0 bridgehead atoms. The Hall–Kier alpha value is -0.180. The Bertz CT molecular complexity index is 294. The molecule has 0 aliphatic carbocycles. The molecule has 1 aliphatic heterocycles. The van der Waals surface area contributed by atoms with Gasteiger partial charge < -0.3 is 5.32 Å². The van der Waals surface area contributed by atoms with E-state index in [1.54, 1.807) is 0 Å². The summed E-state index contributed by atoms with van der Waals surface area (Å²) in [6.45, 7) is 17.1. The van der Waals surface area contributed by atoms with Crippen LogP contribution in [0, 0.1) is 23.2 Å². The number of nitrogens with one attached hydrogen (secondary N) is 1. The van der Waals surface area contributed by atoms with Gasteiger partial charge in [-0.05, 0) is 29.6 Å². The molecule has 19 heavy (non-hydrogen) atoms. The fourth-order valence-electron chi connectivity index (χ4n) is 2.66. The molecule has 1 rings (SSSR count). The second-order valence-corrected chi connectivity index (χ2v) is 8.58. The predicted octanol–water partition coefficient (Wildman–Crippen LogP) is 4.41. The molecule has 1 fully saturated rings. The number of aliphatic imine (C=N–C) groups is 1. The van der Waals surface area contributed by atoms with Crippen molar-refractivity contribution in [3.63, 3.8) is 0 Å². The molecule has 112 valence electrons. The minimum Gasteiger partial charge on any atom is -0.362 e. The molecule has 1 aliphatic rings. The Labute approximate surface area is 124 Å². The number of amidine groups is 1. The molecule has 1 atom stereocenters. The molecule has 0 saturated carbocycles. The van der Waals surface area contributed by atoms with Crippen LogP contribution in [0.4, 0.5) is 0 Å². The van der Waals surface area contributed by atoms with Gasteiger partial charge in [0.15, 0.2) is 5.17 Å². The summed E-state index contributed by atoms with van der Waals surface area (Å²) in [5.41, 5.74) is 0.317. The quantitative estimate of drug-likeness (QED) is 0.827. The number of hydrogen-bond acceptors (Lipinski definition) is 2. The predicted molar refractivity (Wildman–Crippen MR) is 88.9 cm³/mol. The highest BCUT2D eigenvalue weighted by Gasteiger charge is 2.28. The third-order valence-corrected chi connectivity index (χ3v) is 5.11.